The summed E-state index contributed by atoms with van der Waals surface area (Å²) < 4.78 is 3.47. The Bertz CT molecular complexity index is 586. The summed E-state index contributed by atoms with van der Waals surface area (Å²) in [6, 6.07) is 11.3. The number of aromatic nitrogens is 1. The first-order chi connectivity index (χ1) is 10.3. The molecule has 1 atom stereocenters. The molecule has 112 valence electrons. The minimum atomic E-state index is 0.547. The minimum Gasteiger partial charge on any atom is -0.350 e. The molecule has 0 amide bonds. The smallest absolute Gasteiger partial charge is 0.0481 e. The lowest BCUT2D eigenvalue weighted by Crippen LogP contribution is -2.23. The fourth-order valence-electron chi connectivity index (χ4n) is 2.85. The summed E-state index contributed by atoms with van der Waals surface area (Å²) in [5.74, 6) is 0.843. The van der Waals surface area contributed by atoms with Crippen LogP contribution in [-0.4, -0.2) is 11.1 Å². The fraction of sp³-hybridized carbons (Fsp3) is 0.444. The molecule has 3 rings (SSSR count). The van der Waals surface area contributed by atoms with Gasteiger partial charge in [0.05, 0.1) is 0 Å². The average Bonchev–Trinajstić information content (AvgIpc) is 3.22. The van der Waals surface area contributed by atoms with E-state index in [0.717, 1.165) is 19.0 Å². The standard InChI is InChI=1S/C18H23BrN2/c1-2-10-20-18(14-7-8-14)16-9-11-21(13-16)12-15-5-3-4-6-17(15)19/h3-6,9,11,13-14,18,20H,2,7-8,10,12H2,1H3. The first-order valence-corrected chi connectivity index (χ1v) is 8.69. The van der Waals surface area contributed by atoms with Crippen molar-refractivity contribution in [2.75, 3.05) is 6.54 Å². The maximum atomic E-state index is 3.71. The zero-order valence-corrected chi connectivity index (χ0v) is 14.1. The molecule has 0 bridgehead atoms. The average molecular weight is 347 g/mol. The molecule has 1 N–H and O–H groups in total. The lowest BCUT2D eigenvalue weighted by Gasteiger charge is -2.16. The molecule has 1 saturated carbocycles. The summed E-state index contributed by atoms with van der Waals surface area (Å²) in [6.07, 6.45) is 8.46. The molecule has 0 aliphatic heterocycles. The second-order valence-electron chi connectivity index (χ2n) is 5.98. The van der Waals surface area contributed by atoms with Crippen LogP contribution in [0, 0.1) is 5.92 Å². The van der Waals surface area contributed by atoms with E-state index >= 15 is 0 Å². The van der Waals surface area contributed by atoms with Crippen molar-refractivity contribution in [3.63, 3.8) is 0 Å². The quantitative estimate of drug-likeness (QED) is 0.765. The largest absolute Gasteiger partial charge is 0.350 e. The number of nitrogens with one attached hydrogen (secondary N) is 1. The second-order valence-corrected chi connectivity index (χ2v) is 6.83. The zero-order valence-electron chi connectivity index (χ0n) is 12.6. The first-order valence-electron chi connectivity index (χ1n) is 7.90. The molecule has 21 heavy (non-hydrogen) atoms. The molecular formula is C18H23BrN2. The molecule has 1 aromatic carbocycles. The molecule has 1 unspecified atom stereocenters. The number of hydrogen-bond donors (Lipinski definition) is 1. The topological polar surface area (TPSA) is 17.0 Å². The van der Waals surface area contributed by atoms with Gasteiger partial charge in [-0.05, 0) is 55.0 Å². The lowest BCUT2D eigenvalue weighted by molar-refractivity contribution is 0.480. The van der Waals surface area contributed by atoms with Gasteiger partial charge in [0.2, 0.25) is 0 Å². The third-order valence-electron chi connectivity index (χ3n) is 4.15. The van der Waals surface area contributed by atoms with Gasteiger partial charge in [-0.1, -0.05) is 41.1 Å². The van der Waals surface area contributed by atoms with Gasteiger partial charge in [0.15, 0.2) is 0 Å². The maximum absolute atomic E-state index is 3.71. The van der Waals surface area contributed by atoms with E-state index in [0.29, 0.717) is 6.04 Å². The van der Waals surface area contributed by atoms with Crippen LogP contribution in [0.2, 0.25) is 0 Å². The molecule has 1 aliphatic carbocycles. The molecule has 0 saturated heterocycles. The van der Waals surface area contributed by atoms with Gasteiger partial charge in [-0.2, -0.15) is 0 Å². The van der Waals surface area contributed by atoms with E-state index in [4.69, 9.17) is 0 Å². The molecule has 1 heterocycles. The monoisotopic (exact) mass is 346 g/mol. The predicted octanol–water partition coefficient (Wildman–Crippen LogP) is 4.75. The number of benzene rings is 1. The third-order valence-corrected chi connectivity index (χ3v) is 4.92. The van der Waals surface area contributed by atoms with Crippen LogP contribution in [0.5, 0.6) is 0 Å². The van der Waals surface area contributed by atoms with E-state index in [1.165, 1.54) is 34.9 Å². The second kappa shape index (κ2) is 6.80. The van der Waals surface area contributed by atoms with Gasteiger partial charge in [-0.15, -0.1) is 0 Å². The van der Waals surface area contributed by atoms with Crippen LogP contribution in [0.4, 0.5) is 0 Å². The van der Waals surface area contributed by atoms with Gasteiger partial charge in [-0.25, -0.2) is 0 Å². The van der Waals surface area contributed by atoms with Gasteiger partial charge in [-0.3, -0.25) is 0 Å². The molecule has 1 aromatic heterocycles. The Hall–Kier alpha value is -1.06. The Balaban J connectivity index is 1.71. The van der Waals surface area contributed by atoms with Crippen molar-refractivity contribution in [3.05, 3.63) is 58.3 Å². The number of hydrogen-bond acceptors (Lipinski definition) is 1. The van der Waals surface area contributed by atoms with Gasteiger partial charge < -0.3 is 9.88 Å². The molecular weight excluding hydrogens is 324 g/mol. The summed E-state index contributed by atoms with van der Waals surface area (Å²) in [5.41, 5.74) is 2.77. The highest BCUT2D eigenvalue weighted by molar-refractivity contribution is 9.10. The molecule has 0 radical (unpaired) electrons. The van der Waals surface area contributed by atoms with Gasteiger partial charge in [0.25, 0.3) is 0 Å². The highest BCUT2D eigenvalue weighted by atomic mass is 79.9. The van der Waals surface area contributed by atoms with Crippen molar-refractivity contribution in [1.29, 1.82) is 0 Å². The van der Waals surface area contributed by atoms with Crippen LogP contribution in [-0.2, 0) is 6.54 Å². The Morgan fingerprint density at radius 3 is 2.81 bits per heavy atom. The van der Waals surface area contributed by atoms with Crippen LogP contribution >= 0.6 is 15.9 Å². The summed E-state index contributed by atoms with van der Waals surface area (Å²) in [4.78, 5) is 0. The van der Waals surface area contributed by atoms with E-state index < -0.39 is 0 Å². The molecule has 0 spiro atoms. The van der Waals surface area contributed by atoms with Crippen molar-refractivity contribution in [2.24, 2.45) is 5.92 Å². The molecule has 2 nitrogen and oxygen atoms in total. The molecule has 3 heteroatoms. The van der Waals surface area contributed by atoms with Gasteiger partial charge in [0, 0.05) is 29.5 Å². The number of rotatable bonds is 7. The lowest BCUT2D eigenvalue weighted by atomic mass is 10.1. The normalized spacial score (nSPS) is 16.1. The highest BCUT2D eigenvalue weighted by Gasteiger charge is 2.32. The molecule has 1 aliphatic rings. The van der Waals surface area contributed by atoms with Crippen molar-refractivity contribution < 1.29 is 0 Å². The molecule has 2 aromatic rings. The van der Waals surface area contributed by atoms with E-state index in [-0.39, 0.29) is 0 Å². The van der Waals surface area contributed by atoms with Crippen LogP contribution < -0.4 is 5.32 Å². The SMILES string of the molecule is CCCNC(c1ccn(Cc2ccccc2Br)c1)C1CC1. The van der Waals surface area contributed by atoms with Gasteiger partial charge in [0.1, 0.15) is 0 Å². The van der Waals surface area contributed by atoms with Crippen molar-refractivity contribution >= 4 is 15.9 Å². The van der Waals surface area contributed by atoms with Crippen LogP contribution in [0.3, 0.4) is 0 Å². The minimum absolute atomic E-state index is 0.547. The Morgan fingerprint density at radius 1 is 1.29 bits per heavy atom. The van der Waals surface area contributed by atoms with Crippen LogP contribution in [0.25, 0.3) is 0 Å². The first kappa shape index (κ1) is 14.9. The van der Waals surface area contributed by atoms with E-state index in [9.17, 15) is 0 Å². The predicted molar refractivity (Wildman–Crippen MR) is 91.4 cm³/mol. The van der Waals surface area contributed by atoms with Crippen molar-refractivity contribution in [2.45, 2.75) is 38.8 Å². The van der Waals surface area contributed by atoms with Crippen molar-refractivity contribution in [3.8, 4) is 0 Å². The highest BCUT2D eigenvalue weighted by Crippen LogP contribution is 2.41. The molecule has 1 fully saturated rings. The summed E-state index contributed by atoms with van der Waals surface area (Å²) >= 11 is 3.63. The van der Waals surface area contributed by atoms with E-state index in [1.54, 1.807) is 0 Å². The summed E-state index contributed by atoms with van der Waals surface area (Å²) in [5, 5.41) is 3.71. The van der Waals surface area contributed by atoms with Crippen LogP contribution in [0.15, 0.2) is 47.2 Å². The Kier molecular flexibility index (Phi) is 4.81. The fourth-order valence-corrected chi connectivity index (χ4v) is 3.26. The van der Waals surface area contributed by atoms with Crippen molar-refractivity contribution in [1.82, 2.24) is 9.88 Å². The van der Waals surface area contributed by atoms with Crippen LogP contribution in [0.1, 0.15) is 43.4 Å². The number of halogens is 1. The Labute approximate surface area is 135 Å². The Morgan fingerprint density at radius 2 is 2.10 bits per heavy atom. The maximum Gasteiger partial charge on any atom is 0.0481 e. The van der Waals surface area contributed by atoms with E-state index in [2.05, 4.69) is 75.5 Å². The zero-order chi connectivity index (χ0) is 14.7. The third kappa shape index (κ3) is 3.78. The summed E-state index contributed by atoms with van der Waals surface area (Å²) in [7, 11) is 0. The van der Waals surface area contributed by atoms with Gasteiger partial charge >= 0.3 is 0 Å². The summed E-state index contributed by atoms with van der Waals surface area (Å²) in [6.45, 7) is 4.26. The van der Waals surface area contributed by atoms with E-state index in [1.807, 2.05) is 0 Å². The number of nitrogens with zero attached hydrogens (tertiary/aromatic N) is 1.